The predicted molar refractivity (Wildman–Crippen MR) is 142 cm³/mol. The number of methoxy groups -OCH3 is 1. The van der Waals surface area contributed by atoms with Crippen molar-refractivity contribution in [3.8, 4) is 11.5 Å². The maximum absolute atomic E-state index is 13.6. The van der Waals surface area contributed by atoms with Crippen LogP contribution in [0.3, 0.4) is 0 Å². The summed E-state index contributed by atoms with van der Waals surface area (Å²) in [4.78, 5) is 28.7. The third kappa shape index (κ3) is 8.31. The molecule has 190 valence electrons. The number of ether oxygens (including phenoxy) is 2. The Morgan fingerprint density at radius 3 is 2.17 bits per heavy atom. The normalized spacial score (nSPS) is 11.9. The zero-order chi connectivity index (χ0) is 26.1. The number of halogens is 1. The highest BCUT2D eigenvalue weighted by molar-refractivity contribution is 6.30. The zero-order valence-corrected chi connectivity index (χ0v) is 21.9. The van der Waals surface area contributed by atoms with Crippen molar-refractivity contribution in [3.05, 3.63) is 95.0 Å². The molecule has 3 aromatic carbocycles. The summed E-state index contributed by atoms with van der Waals surface area (Å²) in [5.41, 5.74) is 1.31. The molecule has 0 radical (unpaired) electrons. The molecule has 3 rings (SSSR count). The average molecular weight is 509 g/mol. The molecular weight excluding hydrogens is 476 g/mol. The molecule has 0 fully saturated rings. The van der Waals surface area contributed by atoms with E-state index in [0.717, 1.165) is 11.1 Å². The summed E-state index contributed by atoms with van der Waals surface area (Å²) in [6.45, 7) is 5.74. The van der Waals surface area contributed by atoms with Crippen molar-refractivity contribution in [3.63, 3.8) is 0 Å². The van der Waals surface area contributed by atoms with Gasteiger partial charge in [-0.25, -0.2) is 0 Å². The Bertz CT molecular complexity index is 1140. The molecule has 0 aliphatic heterocycles. The number of benzene rings is 3. The lowest BCUT2D eigenvalue weighted by Crippen LogP contribution is -2.55. The molecule has 7 heteroatoms. The minimum atomic E-state index is -0.752. The van der Waals surface area contributed by atoms with Crippen molar-refractivity contribution in [2.45, 2.75) is 45.3 Å². The first-order valence-electron chi connectivity index (χ1n) is 11.8. The molecule has 0 aliphatic rings. The van der Waals surface area contributed by atoms with Gasteiger partial charge in [-0.2, -0.15) is 0 Å². The first-order chi connectivity index (χ1) is 17.1. The van der Waals surface area contributed by atoms with Crippen LogP contribution in [0.25, 0.3) is 0 Å². The molecule has 0 heterocycles. The molecule has 2 amide bonds. The van der Waals surface area contributed by atoms with E-state index in [0.29, 0.717) is 22.9 Å². The van der Waals surface area contributed by atoms with Crippen LogP contribution in [0, 0.1) is 0 Å². The first kappa shape index (κ1) is 27.1. The molecule has 0 saturated heterocycles. The van der Waals surface area contributed by atoms with Gasteiger partial charge in [-0.3, -0.25) is 9.59 Å². The fourth-order valence-electron chi connectivity index (χ4n) is 3.74. The highest BCUT2D eigenvalue weighted by Gasteiger charge is 2.32. The van der Waals surface area contributed by atoms with Crippen molar-refractivity contribution < 1.29 is 19.1 Å². The minimum absolute atomic E-state index is 0.209. The Hall–Kier alpha value is -3.51. The van der Waals surface area contributed by atoms with Crippen LogP contribution in [0.1, 0.15) is 31.9 Å². The number of nitrogens with zero attached hydrogens (tertiary/aromatic N) is 1. The van der Waals surface area contributed by atoms with E-state index in [2.05, 4.69) is 5.32 Å². The number of nitrogens with one attached hydrogen (secondary N) is 1. The van der Waals surface area contributed by atoms with Gasteiger partial charge in [-0.1, -0.05) is 54.1 Å². The largest absolute Gasteiger partial charge is 0.497 e. The maximum Gasteiger partial charge on any atom is 0.261 e. The summed E-state index contributed by atoms with van der Waals surface area (Å²) in [5, 5.41) is 3.61. The number of carbonyl (C=O) groups is 2. The standard InChI is InChI=1S/C29H33ClN2O4/c1-29(2,3)31-28(34)26(18-21-9-6-5-7-10-21)32(19-22-11-8-12-23(30)17-22)27(33)20-36-25-15-13-24(35-4)14-16-25/h5-17,26H,18-20H2,1-4H3,(H,31,34). The molecule has 36 heavy (non-hydrogen) atoms. The van der Waals surface area contributed by atoms with Crippen molar-refractivity contribution in [2.75, 3.05) is 13.7 Å². The first-order valence-corrected chi connectivity index (χ1v) is 12.2. The smallest absolute Gasteiger partial charge is 0.261 e. The molecule has 1 unspecified atom stereocenters. The van der Waals surface area contributed by atoms with E-state index in [-0.39, 0.29) is 25.0 Å². The van der Waals surface area contributed by atoms with Gasteiger partial charge in [-0.15, -0.1) is 0 Å². The molecule has 1 N–H and O–H groups in total. The fraction of sp³-hybridized carbons (Fsp3) is 0.310. The van der Waals surface area contributed by atoms with Gasteiger partial charge < -0.3 is 19.7 Å². The van der Waals surface area contributed by atoms with Gasteiger partial charge in [0.15, 0.2) is 6.61 Å². The van der Waals surface area contributed by atoms with Crippen LogP contribution in [-0.4, -0.2) is 42.0 Å². The van der Waals surface area contributed by atoms with Gasteiger partial charge in [0.2, 0.25) is 5.91 Å². The molecule has 0 bridgehead atoms. The van der Waals surface area contributed by atoms with Gasteiger partial charge in [-0.05, 0) is 68.3 Å². The molecule has 1 atom stereocenters. The number of rotatable bonds is 10. The van der Waals surface area contributed by atoms with E-state index in [1.165, 1.54) is 0 Å². The van der Waals surface area contributed by atoms with Crippen LogP contribution in [-0.2, 0) is 22.6 Å². The molecule has 0 saturated carbocycles. The van der Waals surface area contributed by atoms with Gasteiger partial charge in [0, 0.05) is 23.5 Å². The van der Waals surface area contributed by atoms with E-state index in [9.17, 15) is 9.59 Å². The van der Waals surface area contributed by atoms with Gasteiger partial charge in [0.05, 0.1) is 7.11 Å². The lowest BCUT2D eigenvalue weighted by atomic mass is 10.0. The lowest BCUT2D eigenvalue weighted by molar-refractivity contribution is -0.143. The highest BCUT2D eigenvalue weighted by Crippen LogP contribution is 2.20. The maximum atomic E-state index is 13.6. The van der Waals surface area contributed by atoms with E-state index >= 15 is 0 Å². The van der Waals surface area contributed by atoms with Crippen LogP contribution in [0.5, 0.6) is 11.5 Å². The Labute approximate surface area is 218 Å². The lowest BCUT2D eigenvalue weighted by Gasteiger charge is -2.33. The number of carbonyl (C=O) groups excluding carboxylic acids is 2. The second-order valence-corrected chi connectivity index (χ2v) is 10.00. The van der Waals surface area contributed by atoms with Crippen molar-refractivity contribution in [2.24, 2.45) is 0 Å². The number of amides is 2. The number of hydrogen-bond acceptors (Lipinski definition) is 4. The monoisotopic (exact) mass is 508 g/mol. The van der Waals surface area contributed by atoms with E-state index < -0.39 is 11.6 Å². The highest BCUT2D eigenvalue weighted by atomic mass is 35.5. The summed E-state index contributed by atoms with van der Waals surface area (Å²) in [7, 11) is 1.59. The molecule has 0 aliphatic carbocycles. The van der Waals surface area contributed by atoms with Crippen LogP contribution >= 0.6 is 11.6 Å². The molecule has 0 spiro atoms. The van der Waals surface area contributed by atoms with Crippen molar-refractivity contribution in [1.29, 1.82) is 0 Å². The van der Waals surface area contributed by atoms with Crippen LogP contribution < -0.4 is 14.8 Å². The summed E-state index contributed by atoms with van der Waals surface area (Å²) in [5.74, 6) is 0.686. The third-order valence-electron chi connectivity index (χ3n) is 5.43. The van der Waals surface area contributed by atoms with Crippen LogP contribution in [0.15, 0.2) is 78.9 Å². The Morgan fingerprint density at radius 2 is 1.56 bits per heavy atom. The van der Waals surface area contributed by atoms with E-state index in [1.807, 2.05) is 63.2 Å². The van der Waals surface area contributed by atoms with Gasteiger partial charge >= 0.3 is 0 Å². The number of hydrogen-bond donors (Lipinski definition) is 1. The Morgan fingerprint density at radius 1 is 0.917 bits per heavy atom. The van der Waals surface area contributed by atoms with Gasteiger partial charge in [0.25, 0.3) is 5.91 Å². The second-order valence-electron chi connectivity index (χ2n) is 9.56. The molecule has 3 aromatic rings. The average Bonchev–Trinajstić information content (AvgIpc) is 2.84. The quantitative estimate of drug-likeness (QED) is 0.404. The Kier molecular flexibility index (Phi) is 9.37. The summed E-state index contributed by atoms with van der Waals surface area (Å²) in [6.07, 6.45) is 0.359. The van der Waals surface area contributed by atoms with Crippen molar-refractivity contribution in [1.82, 2.24) is 10.2 Å². The minimum Gasteiger partial charge on any atom is -0.497 e. The summed E-state index contributed by atoms with van der Waals surface area (Å²) >= 11 is 6.22. The SMILES string of the molecule is COc1ccc(OCC(=O)N(Cc2cccc(Cl)c2)C(Cc2ccccc2)C(=O)NC(C)(C)C)cc1. The van der Waals surface area contributed by atoms with Crippen LogP contribution in [0.4, 0.5) is 0 Å². The van der Waals surface area contributed by atoms with Gasteiger partial charge in [0.1, 0.15) is 17.5 Å². The summed E-state index contributed by atoms with van der Waals surface area (Å²) in [6, 6.07) is 23.2. The molecular formula is C29H33ClN2O4. The Balaban J connectivity index is 1.91. The second kappa shape index (κ2) is 12.5. The summed E-state index contributed by atoms with van der Waals surface area (Å²) < 4.78 is 11.0. The third-order valence-corrected chi connectivity index (χ3v) is 5.67. The van der Waals surface area contributed by atoms with Crippen molar-refractivity contribution >= 4 is 23.4 Å². The zero-order valence-electron chi connectivity index (χ0n) is 21.2. The molecule has 6 nitrogen and oxygen atoms in total. The molecule has 0 aromatic heterocycles. The topological polar surface area (TPSA) is 67.9 Å². The fourth-order valence-corrected chi connectivity index (χ4v) is 3.95. The predicted octanol–water partition coefficient (Wildman–Crippen LogP) is 5.28. The van der Waals surface area contributed by atoms with Crippen LogP contribution in [0.2, 0.25) is 5.02 Å². The van der Waals surface area contributed by atoms with E-state index in [1.54, 1.807) is 48.4 Å². The van der Waals surface area contributed by atoms with E-state index in [4.69, 9.17) is 21.1 Å².